The van der Waals surface area contributed by atoms with Crippen molar-refractivity contribution in [3.05, 3.63) is 75.8 Å². The highest BCUT2D eigenvalue weighted by molar-refractivity contribution is 5.32. The van der Waals surface area contributed by atoms with Crippen LogP contribution in [0.5, 0.6) is 0 Å². The summed E-state index contributed by atoms with van der Waals surface area (Å²) in [6.07, 6.45) is -0.0467. The highest BCUT2D eigenvalue weighted by Gasteiger charge is 2.14. The van der Waals surface area contributed by atoms with E-state index in [0.29, 0.717) is 19.5 Å². The molecule has 2 atom stereocenters. The Morgan fingerprint density at radius 2 is 1.74 bits per heavy atom. The number of aliphatic hydroxyl groups excluding tert-OH is 1. The molecular formula is C17H21N3O3. The highest BCUT2D eigenvalue weighted by atomic mass is 16.6. The fourth-order valence-corrected chi connectivity index (χ4v) is 2.27. The number of nitro benzene ring substituents is 1. The largest absolute Gasteiger partial charge is 0.390 e. The standard InChI is InChI=1S/C17H21N3O3/c18-16(10-13-4-2-1-3-5-13)17(21)12-19-11-14-6-8-15(9-7-14)20(22)23/h1-9,16-17,19,21H,10-12,18H2/t16?,17-/m0/s1. The Hall–Kier alpha value is -2.28. The third-order valence-corrected chi connectivity index (χ3v) is 3.64. The van der Waals surface area contributed by atoms with Gasteiger partial charge in [-0.25, -0.2) is 0 Å². The van der Waals surface area contributed by atoms with E-state index in [4.69, 9.17) is 5.73 Å². The second kappa shape index (κ2) is 8.38. The van der Waals surface area contributed by atoms with Crippen molar-refractivity contribution in [2.24, 2.45) is 5.73 Å². The number of nitrogens with two attached hydrogens (primary N) is 1. The Morgan fingerprint density at radius 1 is 1.09 bits per heavy atom. The molecule has 6 nitrogen and oxygen atoms in total. The molecule has 0 aliphatic rings. The zero-order chi connectivity index (χ0) is 16.7. The fourth-order valence-electron chi connectivity index (χ4n) is 2.27. The zero-order valence-corrected chi connectivity index (χ0v) is 12.8. The number of aliphatic hydroxyl groups is 1. The summed E-state index contributed by atoms with van der Waals surface area (Å²) in [5.41, 5.74) is 8.09. The minimum absolute atomic E-state index is 0.0682. The molecule has 2 aromatic carbocycles. The van der Waals surface area contributed by atoms with Crippen molar-refractivity contribution in [3.63, 3.8) is 0 Å². The monoisotopic (exact) mass is 315 g/mol. The van der Waals surface area contributed by atoms with Crippen LogP contribution in [-0.4, -0.2) is 28.7 Å². The van der Waals surface area contributed by atoms with Crippen molar-refractivity contribution in [2.75, 3.05) is 6.54 Å². The first-order valence-electron chi connectivity index (χ1n) is 7.48. The molecule has 0 heterocycles. The maximum atomic E-state index is 10.6. The van der Waals surface area contributed by atoms with Gasteiger partial charge < -0.3 is 16.2 Å². The number of non-ortho nitro benzene ring substituents is 1. The minimum Gasteiger partial charge on any atom is -0.390 e. The lowest BCUT2D eigenvalue weighted by molar-refractivity contribution is -0.384. The average molecular weight is 315 g/mol. The van der Waals surface area contributed by atoms with E-state index in [1.807, 2.05) is 30.3 Å². The lowest BCUT2D eigenvalue weighted by Crippen LogP contribution is -2.42. The van der Waals surface area contributed by atoms with Gasteiger partial charge in [0.25, 0.3) is 5.69 Å². The van der Waals surface area contributed by atoms with E-state index in [-0.39, 0.29) is 11.7 Å². The molecular weight excluding hydrogens is 294 g/mol. The number of nitrogens with one attached hydrogen (secondary N) is 1. The van der Waals surface area contributed by atoms with Crippen molar-refractivity contribution in [2.45, 2.75) is 25.1 Å². The van der Waals surface area contributed by atoms with E-state index in [2.05, 4.69) is 5.32 Å². The first-order chi connectivity index (χ1) is 11.1. The molecule has 0 amide bonds. The van der Waals surface area contributed by atoms with Crippen molar-refractivity contribution in [1.29, 1.82) is 0 Å². The van der Waals surface area contributed by atoms with Gasteiger partial charge in [0.15, 0.2) is 0 Å². The molecule has 0 saturated carbocycles. The van der Waals surface area contributed by atoms with Crippen LogP contribution >= 0.6 is 0 Å². The summed E-state index contributed by atoms with van der Waals surface area (Å²) in [5.74, 6) is 0. The van der Waals surface area contributed by atoms with Crippen LogP contribution in [0.2, 0.25) is 0 Å². The van der Waals surface area contributed by atoms with Gasteiger partial charge in [0.2, 0.25) is 0 Å². The highest BCUT2D eigenvalue weighted by Crippen LogP contribution is 2.11. The molecule has 1 unspecified atom stereocenters. The lowest BCUT2D eigenvalue weighted by Gasteiger charge is -2.19. The SMILES string of the molecule is NC(Cc1ccccc1)[C@@H](O)CNCc1ccc([N+](=O)[O-])cc1. The summed E-state index contributed by atoms with van der Waals surface area (Å²) >= 11 is 0. The van der Waals surface area contributed by atoms with Gasteiger partial charge in [-0.05, 0) is 17.5 Å². The molecule has 0 spiro atoms. The molecule has 0 saturated heterocycles. The van der Waals surface area contributed by atoms with Crippen LogP contribution in [0.1, 0.15) is 11.1 Å². The van der Waals surface area contributed by atoms with Gasteiger partial charge in [-0.3, -0.25) is 10.1 Å². The van der Waals surface area contributed by atoms with E-state index in [0.717, 1.165) is 11.1 Å². The van der Waals surface area contributed by atoms with Crippen molar-refractivity contribution in [1.82, 2.24) is 5.32 Å². The van der Waals surface area contributed by atoms with Gasteiger partial charge >= 0.3 is 0 Å². The molecule has 0 radical (unpaired) electrons. The molecule has 23 heavy (non-hydrogen) atoms. The Bertz CT molecular complexity index is 617. The van der Waals surface area contributed by atoms with Gasteiger partial charge in [0.1, 0.15) is 0 Å². The molecule has 0 aliphatic heterocycles. The van der Waals surface area contributed by atoms with E-state index >= 15 is 0 Å². The lowest BCUT2D eigenvalue weighted by atomic mass is 10.0. The second-order valence-electron chi connectivity index (χ2n) is 5.48. The molecule has 6 heteroatoms. The number of nitro groups is 1. The van der Waals surface area contributed by atoms with Crippen LogP contribution in [0.4, 0.5) is 5.69 Å². The van der Waals surface area contributed by atoms with Crippen LogP contribution in [-0.2, 0) is 13.0 Å². The van der Waals surface area contributed by atoms with Crippen LogP contribution in [0.15, 0.2) is 54.6 Å². The molecule has 0 fully saturated rings. The van der Waals surface area contributed by atoms with Crippen LogP contribution in [0, 0.1) is 10.1 Å². The number of hydrogen-bond acceptors (Lipinski definition) is 5. The van der Waals surface area contributed by atoms with E-state index in [9.17, 15) is 15.2 Å². The van der Waals surface area contributed by atoms with Crippen LogP contribution in [0.25, 0.3) is 0 Å². The van der Waals surface area contributed by atoms with Gasteiger partial charge in [-0.1, -0.05) is 42.5 Å². The molecule has 0 aromatic heterocycles. The van der Waals surface area contributed by atoms with E-state index in [1.54, 1.807) is 12.1 Å². The Balaban J connectivity index is 1.75. The summed E-state index contributed by atoms with van der Waals surface area (Å²) in [6.45, 7) is 0.887. The van der Waals surface area contributed by atoms with Gasteiger partial charge in [-0.2, -0.15) is 0 Å². The predicted octanol–water partition coefficient (Wildman–Crippen LogP) is 1.62. The zero-order valence-electron chi connectivity index (χ0n) is 12.8. The van der Waals surface area contributed by atoms with Crippen molar-refractivity contribution < 1.29 is 10.0 Å². The summed E-state index contributed by atoms with van der Waals surface area (Å²) < 4.78 is 0. The number of hydrogen-bond donors (Lipinski definition) is 3. The van der Waals surface area contributed by atoms with E-state index < -0.39 is 11.0 Å². The normalized spacial score (nSPS) is 13.5. The maximum Gasteiger partial charge on any atom is 0.269 e. The number of nitrogens with zero attached hydrogens (tertiary/aromatic N) is 1. The summed E-state index contributed by atoms with van der Waals surface area (Å²) in [7, 11) is 0. The Labute approximate surface area is 135 Å². The van der Waals surface area contributed by atoms with Crippen LogP contribution in [0.3, 0.4) is 0 Å². The molecule has 2 aromatic rings. The summed E-state index contributed by atoms with van der Waals surface area (Å²) in [4.78, 5) is 10.2. The van der Waals surface area contributed by atoms with Gasteiger partial charge in [-0.15, -0.1) is 0 Å². The fraction of sp³-hybridized carbons (Fsp3) is 0.294. The first kappa shape index (κ1) is 17.1. The maximum absolute atomic E-state index is 10.6. The molecule has 2 rings (SSSR count). The third-order valence-electron chi connectivity index (χ3n) is 3.64. The van der Waals surface area contributed by atoms with Crippen LogP contribution < -0.4 is 11.1 Å². The van der Waals surface area contributed by atoms with Crippen molar-refractivity contribution in [3.8, 4) is 0 Å². The average Bonchev–Trinajstić information content (AvgIpc) is 2.56. The summed E-state index contributed by atoms with van der Waals surface area (Å²) in [6, 6.07) is 15.8. The van der Waals surface area contributed by atoms with Gasteiger partial charge in [0.05, 0.1) is 11.0 Å². The molecule has 0 bridgehead atoms. The Morgan fingerprint density at radius 3 is 2.35 bits per heavy atom. The third kappa shape index (κ3) is 5.45. The number of rotatable bonds is 8. The summed E-state index contributed by atoms with van der Waals surface area (Å²) in [5, 5.41) is 23.8. The minimum atomic E-state index is -0.659. The number of benzene rings is 2. The topological polar surface area (TPSA) is 101 Å². The van der Waals surface area contributed by atoms with Gasteiger partial charge in [0, 0.05) is 31.3 Å². The smallest absolute Gasteiger partial charge is 0.269 e. The van der Waals surface area contributed by atoms with Crippen molar-refractivity contribution >= 4 is 5.69 Å². The quantitative estimate of drug-likeness (QED) is 0.507. The predicted molar refractivity (Wildman–Crippen MR) is 88.9 cm³/mol. The van der Waals surface area contributed by atoms with E-state index in [1.165, 1.54) is 12.1 Å². The molecule has 0 aliphatic carbocycles. The first-order valence-corrected chi connectivity index (χ1v) is 7.48. The molecule has 4 N–H and O–H groups in total. The second-order valence-corrected chi connectivity index (χ2v) is 5.48. The molecule has 122 valence electrons. The Kier molecular flexibility index (Phi) is 6.22.